The molecule has 1 aromatic heterocycles. The van der Waals surface area contributed by atoms with Crippen LogP contribution in [0.15, 0.2) is 41.8 Å². The van der Waals surface area contributed by atoms with Crippen molar-refractivity contribution in [1.82, 2.24) is 5.32 Å². The van der Waals surface area contributed by atoms with Crippen molar-refractivity contribution in [3.63, 3.8) is 0 Å². The molecule has 1 fully saturated rings. The van der Waals surface area contributed by atoms with Gasteiger partial charge in [0.05, 0.1) is 12.7 Å². The summed E-state index contributed by atoms with van der Waals surface area (Å²) in [5.74, 6) is 0. The van der Waals surface area contributed by atoms with Crippen LogP contribution in [0.5, 0.6) is 0 Å². The van der Waals surface area contributed by atoms with Gasteiger partial charge in [0.2, 0.25) is 0 Å². The number of hydrogen-bond acceptors (Lipinski definition) is 3. The fourth-order valence-electron chi connectivity index (χ4n) is 2.82. The van der Waals surface area contributed by atoms with E-state index in [1.54, 1.807) is 0 Å². The standard InChI is InChI=1S/C18H23NOS/c1-2-6-15(7-3-1)16-12-18(21-14-16)13-19-10-11-20-17-8-4-5-9-17/h1-3,6-7,12,14,17,19H,4-5,8-11,13H2. The quantitative estimate of drug-likeness (QED) is 0.762. The van der Waals surface area contributed by atoms with Crippen LogP contribution in [-0.2, 0) is 11.3 Å². The third kappa shape index (κ3) is 4.40. The lowest BCUT2D eigenvalue weighted by molar-refractivity contribution is 0.0603. The molecule has 0 atom stereocenters. The number of nitrogens with one attached hydrogen (secondary N) is 1. The van der Waals surface area contributed by atoms with Crippen molar-refractivity contribution >= 4 is 11.3 Å². The van der Waals surface area contributed by atoms with Crippen LogP contribution in [-0.4, -0.2) is 19.3 Å². The number of thiophene rings is 1. The van der Waals surface area contributed by atoms with Gasteiger partial charge in [-0.15, -0.1) is 11.3 Å². The van der Waals surface area contributed by atoms with Crippen LogP contribution in [0.4, 0.5) is 0 Å². The number of benzene rings is 1. The SMILES string of the molecule is c1ccc(-c2csc(CNCCOC3CCCC3)c2)cc1. The number of ether oxygens (including phenoxy) is 1. The first-order valence-corrected chi connectivity index (χ1v) is 8.75. The highest BCUT2D eigenvalue weighted by atomic mass is 32.1. The Labute approximate surface area is 131 Å². The maximum atomic E-state index is 5.86. The van der Waals surface area contributed by atoms with Crippen molar-refractivity contribution < 1.29 is 4.74 Å². The molecule has 3 rings (SSSR count). The van der Waals surface area contributed by atoms with Gasteiger partial charge in [0.1, 0.15) is 0 Å². The summed E-state index contributed by atoms with van der Waals surface area (Å²) in [5, 5.41) is 5.71. The van der Waals surface area contributed by atoms with Crippen LogP contribution in [0.2, 0.25) is 0 Å². The molecule has 21 heavy (non-hydrogen) atoms. The van der Waals surface area contributed by atoms with E-state index in [-0.39, 0.29) is 0 Å². The van der Waals surface area contributed by atoms with E-state index in [0.29, 0.717) is 6.10 Å². The summed E-state index contributed by atoms with van der Waals surface area (Å²) in [5.41, 5.74) is 2.61. The van der Waals surface area contributed by atoms with Gasteiger partial charge in [-0.2, -0.15) is 0 Å². The van der Waals surface area contributed by atoms with Gasteiger partial charge in [-0.25, -0.2) is 0 Å². The fraction of sp³-hybridized carbons (Fsp3) is 0.444. The van der Waals surface area contributed by atoms with Gasteiger partial charge in [-0.1, -0.05) is 43.2 Å². The van der Waals surface area contributed by atoms with Crippen molar-refractivity contribution in [3.8, 4) is 11.1 Å². The van der Waals surface area contributed by atoms with E-state index in [1.165, 1.54) is 41.7 Å². The Balaban J connectivity index is 1.39. The zero-order valence-corrected chi connectivity index (χ0v) is 13.2. The van der Waals surface area contributed by atoms with Gasteiger partial charge in [0.25, 0.3) is 0 Å². The average Bonchev–Trinajstić information content (AvgIpc) is 3.19. The molecule has 1 aromatic carbocycles. The third-order valence-corrected chi connectivity index (χ3v) is 4.93. The van der Waals surface area contributed by atoms with Crippen molar-refractivity contribution in [3.05, 3.63) is 46.7 Å². The zero-order valence-electron chi connectivity index (χ0n) is 12.4. The van der Waals surface area contributed by atoms with E-state index in [1.807, 2.05) is 11.3 Å². The first kappa shape index (κ1) is 14.8. The Morgan fingerprint density at radius 3 is 2.71 bits per heavy atom. The lowest BCUT2D eigenvalue weighted by Crippen LogP contribution is -2.21. The molecule has 2 aromatic rings. The first-order chi connectivity index (χ1) is 10.4. The largest absolute Gasteiger partial charge is 0.377 e. The lowest BCUT2D eigenvalue weighted by Gasteiger charge is -2.11. The Morgan fingerprint density at radius 2 is 1.90 bits per heavy atom. The van der Waals surface area contributed by atoms with Gasteiger partial charge in [-0.3, -0.25) is 0 Å². The molecule has 1 N–H and O–H groups in total. The molecular weight excluding hydrogens is 278 g/mol. The summed E-state index contributed by atoms with van der Waals surface area (Å²) < 4.78 is 5.86. The summed E-state index contributed by atoms with van der Waals surface area (Å²) in [6.07, 6.45) is 5.72. The minimum atomic E-state index is 0.526. The number of hydrogen-bond donors (Lipinski definition) is 1. The molecule has 0 saturated heterocycles. The molecule has 2 nitrogen and oxygen atoms in total. The van der Waals surface area contributed by atoms with Crippen LogP contribution in [0, 0.1) is 0 Å². The molecule has 3 heteroatoms. The molecule has 0 amide bonds. The summed E-state index contributed by atoms with van der Waals surface area (Å²) in [6, 6.07) is 12.8. The highest BCUT2D eigenvalue weighted by molar-refractivity contribution is 7.10. The predicted octanol–water partition coefficient (Wildman–Crippen LogP) is 4.46. The first-order valence-electron chi connectivity index (χ1n) is 7.87. The topological polar surface area (TPSA) is 21.3 Å². The molecule has 1 aliphatic rings. The normalized spacial score (nSPS) is 15.6. The maximum absolute atomic E-state index is 5.86. The average molecular weight is 301 g/mol. The predicted molar refractivity (Wildman–Crippen MR) is 89.7 cm³/mol. The summed E-state index contributed by atoms with van der Waals surface area (Å²) in [6.45, 7) is 2.71. The minimum absolute atomic E-state index is 0.526. The number of rotatable bonds is 7. The molecule has 1 aliphatic carbocycles. The molecule has 0 spiro atoms. The minimum Gasteiger partial charge on any atom is -0.377 e. The van der Waals surface area contributed by atoms with E-state index in [4.69, 9.17) is 4.74 Å². The summed E-state index contributed by atoms with van der Waals surface area (Å²) >= 11 is 1.82. The molecule has 1 heterocycles. The summed E-state index contributed by atoms with van der Waals surface area (Å²) in [4.78, 5) is 1.38. The second-order valence-corrected chi connectivity index (χ2v) is 6.62. The van der Waals surface area contributed by atoms with Crippen LogP contribution in [0.25, 0.3) is 11.1 Å². The third-order valence-electron chi connectivity index (χ3n) is 3.99. The molecular formula is C18H23NOS. The van der Waals surface area contributed by atoms with Crippen molar-refractivity contribution in [2.24, 2.45) is 0 Å². The van der Waals surface area contributed by atoms with Gasteiger partial charge in [-0.05, 0) is 35.4 Å². The van der Waals surface area contributed by atoms with E-state index in [2.05, 4.69) is 47.1 Å². The molecule has 112 valence electrons. The van der Waals surface area contributed by atoms with E-state index < -0.39 is 0 Å². The van der Waals surface area contributed by atoms with Crippen LogP contribution in [0.3, 0.4) is 0 Å². The Morgan fingerprint density at radius 1 is 1.10 bits per heavy atom. The van der Waals surface area contributed by atoms with Gasteiger partial charge >= 0.3 is 0 Å². The van der Waals surface area contributed by atoms with Crippen LogP contribution >= 0.6 is 11.3 Å². The van der Waals surface area contributed by atoms with E-state index in [9.17, 15) is 0 Å². The van der Waals surface area contributed by atoms with Gasteiger partial charge in [0, 0.05) is 18.0 Å². The van der Waals surface area contributed by atoms with E-state index in [0.717, 1.165) is 19.7 Å². The van der Waals surface area contributed by atoms with Gasteiger partial charge in [0.15, 0.2) is 0 Å². The highest BCUT2D eigenvalue weighted by Gasteiger charge is 2.14. The van der Waals surface area contributed by atoms with Crippen molar-refractivity contribution in [2.45, 2.75) is 38.3 Å². The Kier molecular flexibility index (Phi) is 5.44. The monoisotopic (exact) mass is 301 g/mol. The van der Waals surface area contributed by atoms with Crippen molar-refractivity contribution in [1.29, 1.82) is 0 Å². The maximum Gasteiger partial charge on any atom is 0.0594 e. The smallest absolute Gasteiger partial charge is 0.0594 e. The van der Waals surface area contributed by atoms with Crippen molar-refractivity contribution in [2.75, 3.05) is 13.2 Å². The summed E-state index contributed by atoms with van der Waals surface area (Å²) in [7, 11) is 0. The Bertz CT molecular complexity index is 531. The lowest BCUT2D eigenvalue weighted by atomic mass is 10.1. The molecule has 0 unspecified atom stereocenters. The van der Waals surface area contributed by atoms with E-state index >= 15 is 0 Å². The Hall–Kier alpha value is -1.16. The fourth-order valence-corrected chi connectivity index (χ4v) is 3.68. The molecule has 0 bridgehead atoms. The highest BCUT2D eigenvalue weighted by Crippen LogP contribution is 2.25. The molecule has 1 saturated carbocycles. The second-order valence-electron chi connectivity index (χ2n) is 5.62. The molecule has 0 aliphatic heterocycles. The second kappa shape index (κ2) is 7.74. The molecule has 0 radical (unpaired) electrons. The zero-order chi connectivity index (χ0) is 14.3. The van der Waals surface area contributed by atoms with Gasteiger partial charge < -0.3 is 10.1 Å². The van der Waals surface area contributed by atoms with Crippen LogP contribution in [0.1, 0.15) is 30.6 Å². The van der Waals surface area contributed by atoms with Crippen LogP contribution < -0.4 is 5.32 Å².